The van der Waals surface area contributed by atoms with Crippen LogP contribution >= 0.6 is 0 Å². The molecule has 1 N–H and O–H groups in total. The topological polar surface area (TPSA) is 52.9 Å². The molecular weight excluding hydrogens is 216 g/mol. The lowest BCUT2D eigenvalue weighted by atomic mass is 9.93. The molecule has 0 bridgehead atoms. The van der Waals surface area contributed by atoms with Gasteiger partial charge < -0.3 is 10.0 Å². The maximum Gasteiger partial charge on any atom is 0.353 e. The summed E-state index contributed by atoms with van der Waals surface area (Å²) in [5.41, 5.74) is 0.167. The van der Waals surface area contributed by atoms with Crippen LogP contribution in [0.15, 0.2) is 16.9 Å². The lowest BCUT2D eigenvalue weighted by Crippen LogP contribution is -2.46. The molecule has 1 aliphatic heterocycles. The van der Waals surface area contributed by atoms with Crippen LogP contribution in [-0.2, 0) is 4.79 Å². The Morgan fingerprint density at radius 3 is 2.82 bits per heavy atom. The highest BCUT2D eigenvalue weighted by Gasteiger charge is 2.31. The van der Waals surface area contributed by atoms with E-state index in [2.05, 4.69) is 25.8 Å². The third kappa shape index (κ3) is 3.58. The monoisotopic (exact) mass is 238 g/mol. The molecule has 0 amide bonds. The van der Waals surface area contributed by atoms with Crippen LogP contribution in [0, 0.1) is 0 Å². The van der Waals surface area contributed by atoms with E-state index in [1.54, 1.807) is 6.21 Å². The largest absolute Gasteiger partial charge is 0.477 e. The minimum absolute atomic E-state index is 0.133. The molecule has 0 radical (unpaired) electrons. The second-order valence-corrected chi connectivity index (χ2v) is 5.03. The number of carbonyl (C=O) groups is 1. The van der Waals surface area contributed by atoms with E-state index in [9.17, 15) is 4.79 Å². The van der Waals surface area contributed by atoms with Gasteiger partial charge in [-0.1, -0.05) is 26.2 Å². The maximum absolute atomic E-state index is 11.2. The van der Waals surface area contributed by atoms with Crippen molar-refractivity contribution in [2.24, 2.45) is 4.99 Å². The number of carboxylic acid groups (broad SMARTS) is 1. The lowest BCUT2D eigenvalue weighted by Gasteiger charge is -2.40. The third-order valence-corrected chi connectivity index (χ3v) is 3.20. The zero-order valence-electron chi connectivity index (χ0n) is 10.9. The normalized spacial score (nSPS) is 15.9. The van der Waals surface area contributed by atoms with Crippen LogP contribution in [0.1, 0.15) is 46.5 Å². The Labute approximate surface area is 103 Å². The van der Waals surface area contributed by atoms with Crippen molar-refractivity contribution in [3.05, 3.63) is 11.9 Å². The van der Waals surface area contributed by atoms with Gasteiger partial charge >= 0.3 is 5.97 Å². The summed E-state index contributed by atoms with van der Waals surface area (Å²) in [5.74, 6) is -0.898. The lowest BCUT2D eigenvalue weighted by molar-refractivity contribution is -0.135. The van der Waals surface area contributed by atoms with Gasteiger partial charge in [0, 0.05) is 11.8 Å². The molecule has 1 aliphatic rings. The molecule has 0 aromatic carbocycles. The number of unbranched alkanes of at least 4 members (excludes halogenated alkanes) is 2. The fourth-order valence-corrected chi connectivity index (χ4v) is 2.11. The first-order chi connectivity index (χ1) is 7.99. The van der Waals surface area contributed by atoms with Gasteiger partial charge in [-0.05, 0) is 20.3 Å². The highest BCUT2D eigenvalue weighted by molar-refractivity contribution is 5.87. The second-order valence-electron chi connectivity index (χ2n) is 5.03. The number of carboxylic acids is 1. The van der Waals surface area contributed by atoms with Gasteiger partial charge in [-0.25, -0.2) is 4.79 Å². The van der Waals surface area contributed by atoms with Gasteiger partial charge in [0.1, 0.15) is 5.70 Å². The SMILES string of the molecule is CCCCCC(C)(C)N1CC=NC=C1C(=O)O. The predicted molar refractivity (Wildman–Crippen MR) is 69.1 cm³/mol. The van der Waals surface area contributed by atoms with Gasteiger partial charge in [0.15, 0.2) is 0 Å². The van der Waals surface area contributed by atoms with Gasteiger partial charge in [0.25, 0.3) is 0 Å². The fourth-order valence-electron chi connectivity index (χ4n) is 2.11. The zero-order valence-corrected chi connectivity index (χ0v) is 10.9. The van der Waals surface area contributed by atoms with Crippen LogP contribution in [-0.4, -0.2) is 34.3 Å². The van der Waals surface area contributed by atoms with Crippen molar-refractivity contribution in [1.82, 2.24) is 4.90 Å². The average Bonchev–Trinajstić information content (AvgIpc) is 2.29. The summed E-state index contributed by atoms with van der Waals surface area (Å²) in [6.45, 7) is 6.94. The minimum atomic E-state index is -0.898. The van der Waals surface area contributed by atoms with E-state index < -0.39 is 5.97 Å². The number of nitrogens with zero attached hydrogens (tertiary/aromatic N) is 2. The molecule has 17 heavy (non-hydrogen) atoms. The van der Waals surface area contributed by atoms with Crippen molar-refractivity contribution in [1.29, 1.82) is 0 Å². The second kappa shape index (κ2) is 5.84. The van der Waals surface area contributed by atoms with Crippen molar-refractivity contribution in [3.63, 3.8) is 0 Å². The van der Waals surface area contributed by atoms with Crippen LogP contribution in [0.25, 0.3) is 0 Å². The molecule has 0 aliphatic carbocycles. The van der Waals surface area contributed by atoms with Crippen LogP contribution in [0.4, 0.5) is 0 Å². The summed E-state index contributed by atoms with van der Waals surface area (Å²) >= 11 is 0. The van der Waals surface area contributed by atoms with Crippen molar-refractivity contribution in [3.8, 4) is 0 Å². The van der Waals surface area contributed by atoms with Gasteiger partial charge in [0.05, 0.1) is 12.7 Å². The molecule has 0 fully saturated rings. The third-order valence-electron chi connectivity index (χ3n) is 3.20. The molecule has 96 valence electrons. The van der Waals surface area contributed by atoms with Gasteiger partial charge in [0.2, 0.25) is 0 Å². The molecule has 0 atom stereocenters. The highest BCUT2D eigenvalue weighted by atomic mass is 16.4. The molecule has 0 saturated carbocycles. The Morgan fingerprint density at radius 1 is 1.53 bits per heavy atom. The Morgan fingerprint density at radius 2 is 2.24 bits per heavy atom. The number of aliphatic imine (C=N–C) groups is 1. The maximum atomic E-state index is 11.2. The molecule has 0 unspecified atom stereocenters. The number of hydrogen-bond donors (Lipinski definition) is 1. The van der Waals surface area contributed by atoms with Crippen molar-refractivity contribution in [2.45, 2.75) is 52.0 Å². The summed E-state index contributed by atoms with van der Waals surface area (Å²) in [7, 11) is 0. The number of rotatable bonds is 6. The van der Waals surface area contributed by atoms with E-state index in [1.807, 2.05) is 4.90 Å². The summed E-state index contributed by atoms with van der Waals surface area (Å²) in [5, 5.41) is 9.16. The Balaban J connectivity index is 2.72. The van der Waals surface area contributed by atoms with Crippen LogP contribution < -0.4 is 0 Å². The standard InChI is InChI=1S/C13H22N2O2/c1-4-5-6-7-13(2,3)15-9-8-14-10-11(15)12(16)17/h8,10H,4-7,9H2,1-3H3,(H,16,17). The summed E-state index contributed by atoms with van der Waals surface area (Å²) < 4.78 is 0. The van der Waals surface area contributed by atoms with E-state index >= 15 is 0 Å². The van der Waals surface area contributed by atoms with Crippen LogP contribution in [0.5, 0.6) is 0 Å². The number of hydrogen-bond acceptors (Lipinski definition) is 3. The highest BCUT2D eigenvalue weighted by Crippen LogP contribution is 2.27. The Hall–Kier alpha value is -1.32. The molecular formula is C13H22N2O2. The zero-order chi connectivity index (χ0) is 12.9. The van der Waals surface area contributed by atoms with Gasteiger partial charge in [-0.15, -0.1) is 0 Å². The van der Waals surface area contributed by atoms with Crippen LogP contribution in [0.3, 0.4) is 0 Å². The summed E-state index contributed by atoms with van der Waals surface area (Å²) in [4.78, 5) is 17.0. The van der Waals surface area contributed by atoms with E-state index in [4.69, 9.17) is 5.11 Å². The molecule has 0 spiro atoms. The van der Waals surface area contributed by atoms with E-state index in [0.29, 0.717) is 12.2 Å². The Kier molecular flexibility index (Phi) is 4.73. The van der Waals surface area contributed by atoms with Gasteiger partial charge in [-0.3, -0.25) is 4.99 Å². The minimum Gasteiger partial charge on any atom is -0.477 e. The van der Waals surface area contributed by atoms with E-state index in [1.165, 1.54) is 19.0 Å². The van der Waals surface area contributed by atoms with Crippen LogP contribution in [0.2, 0.25) is 0 Å². The summed E-state index contributed by atoms with van der Waals surface area (Å²) in [6.07, 6.45) is 7.70. The first kappa shape index (κ1) is 13.7. The molecule has 0 saturated heterocycles. The van der Waals surface area contributed by atoms with Crippen molar-refractivity contribution in [2.75, 3.05) is 6.54 Å². The summed E-state index contributed by atoms with van der Waals surface area (Å²) in [6, 6.07) is 0. The van der Waals surface area contributed by atoms with Crippen molar-refractivity contribution < 1.29 is 9.90 Å². The smallest absolute Gasteiger partial charge is 0.353 e. The first-order valence-electron chi connectivity index (χ1n) is 6.22. The average molecular weight is 238 g/mol. The van der Waals surface area contributed by atoms with E-state index in [0.717, 1.165) is 12.8 Å². The number of aliphatic carboxylic acids is 1. The first-order valence-corrected chi connectivity index (χ1v) is 6.22. The molecule has 1 rings (SSSR count). The van der Waals surface area contributed by atoms with Gasteiger partial charge in [-0.2, -0.15) is 0 Å². The fraction of sp³-hybridized carbons (Fsp3) is 0.692. The quantitative estimate of drug-likeness (QED) is 0.724. The molecule has 4 nitrogen and oxygen atoms in total. The van der Waals surface area contributed by atoms with Crippen molar-refractivity contribution >= 4 is 12.2 Å². The molecule has 4 heteroatoms. The Bertz CT molecular complexity index is 332. The molecule has 0 aromatic rings. The van der Waals surface area contributed by atoms with E-state index in [-0.39, 0.29) is 5.54 Å². The molecule has 0 aromatic heterocycles. The molecule has 1 heterocycles. The predicted octanol–water partition coefficient (Wildman–Crippen LogP) is 2.66.